The van der Waals surface area contributed by atoms with Gasteiger partial charge in [0, 0.05) is 12.6 Å². The maximum Gasteiger partial charge on any atom is 0.0556 e. The predicted molar refractivity (Wildman–Crippen MR) is 72.2 cm³/mol. The van der Waals surface area contributed by atoms with Crippen molar-refractivity contribution < 1.29 is 5.11 Å². The van der Waals surface area contributed by atoms with Crippen molar-refractivity contribution in [1.82, 2.24) is 5.32 Å². The van der Waals surface area contributed by atoms with Gasteiger partial charge in [0.05, 0.1) is 6.61 Å². The number of rotatable bonds is 4. The molecule has 5 aliphatic carbocycles. The van der Waals surface area contributed by atoms with Crippen LogP contribution in [0.5, 0.6) is 0 Å². The van der Waals surface area contributed by atoms with Crippen LogP contribution in [0.2, 0.25) is 0 Å². The van der Waals surface area contributed by atoms with E-state index in [9.17, 15) is 0 Å². The Kier molecular flexibility index (Phi) is 2.74. The third kappa shape index (κ3) is 1.76. The molecule has 0 aliphatic heterocycles. The van der Waals surface area contributed by atoms with Crippen LogP contribution in [0, 0.1) is 29.1 Å². The van der Waals surface area contributed by atoms with Crippen LogP contribution in [-0.2, 0) is 0 Å². The molecule has 18 heavy (non-hydrogen) atoms. The minimum atomic E-state index is 0.290. The maximum absolute atomic E-state index is 8.87. The van der Waals surface area contributed by atoms with Crippen molar-refractivity contribution >= 4 is 0 Å². The van der Waals surface area contributed by atoms with Crippen molar-refractivity contribution in [2.75, 3.05) is 13.2 Å². The highest BCUT2D eigenvalue weighted by Gasteiger charge is 2.56. The quantitative estimate of drug-likeness (QED) is 0.802. The van der Waals surface area contributed by atoms with Gasteiger partial charge in [-0.25, -0.2) is 0 Å². The fourth-order valence-electron chi connectivity index (χ4n) is 6.23. The molecule has 0 amide bonds. The number of hydrogen-bond donors (Lipinski definition) is 2. The SMILES string of the molecule is OCCNC1CC(C23CC4CC(CC(C4)C2)C3)C1. The summed E-state index contributed by atoms with van der Waals surface area (Å²) in [6, 6.07) is 0.718. The van der Waals surface area contributed by atoms with E-state index in [4.69, 9.17) is 5.11 Å². The molecule has 2 heteroatoms. The van der Waals surface area contributed by atoms with Gasteiger partial charge in [0.25, 0.3) is 0 Å². The van der Waals surface area contributed by atoms with Crippen molar-refractivity contribution in [3.05, 3.63) is 0 Å². The highest BCUT2D eigenvalue weighted by Crippen LogP contribution is 2.65. The molecule has 0 aromatic carbocycles. The zero-order valence-electron chi connectivity index (χ0n) is 11.4. The molecule has 102 valence electrons. The lowest BCUT2D eigenvalue weighted by Crippen LogP contribution is -2.55. The Morgan fingerprint density at radius 1 is 0.889 bits per heavy atom. The van der Waals surface area contributed by atoms with Gasteiger partial charge in [0.15, 0.2) is 0 Å². The summed E-state index contributed by atoms with van der Waals surface area (Å²) in [5.41, 5.74) is 0.770. The fourth-order valence-corrected chi connectivity index (χ4v) is 6.23. The summed E-state index contributed by atoms with van der Waals surface area (Å²) < 4.78 is 0. The van der Waals surface area contributed by atoms with E-state index in [2.05, 4.69) is 5.32 Å². The minimum absolute atomic E-state index is 0.290. The lowest BCUT2D eigenvalue weighted by atomic mass is 9.43. The summed E-state index contributed by atoms with van der Waals surface area (Å²) in [5, 5.41) is 12.3. The molecule has 2 nitrogen and oxygen atoms in total. The Morgan fingerprint density at radius 3 is 1.94 bits per heavy atom. The van der Waals surface area contributed by atoms with Crippen molar-refractivity contribution in [2.24, 2.45) is 29.1 Å². The van der Waals surface area contributed by atoms with E-state index in [0.29, 0.717) is 6.61 Å². The van der Waals surface area contributed by atoms with Gasteiger partial charge in [-0.1, -0.05) is 0 Å². The fraction of sp³-hybridized carbons (Fsp3) is 1.00. The van der Waals surface area contributed by atoms with Crippen LogP contribution < -0.4 is 5.32 Å². The number of nitrogens with one attached hydrogen (secondary N) is 1. The topological polar surface area (TPSA) is 32.3 Å². The molecule has 0 heterocycles. The second-order valence-corrected chi connectivity index (χ2v) is 7.82. The molecular weight excluding hydrogens is 222 g/mol. The lowest BCUT2D eigenvalue weighted by molar-refractivity contribution is -0.112. The van der Waals surface area contributed by atoms with Gasteiger partial charge in [0.1, 0.15) is 0 Å². The Labute approximate surface area is 111 Å². The third-order valence-corrected chi connectivity index (χ3v) is 6.63. The van der Waals surface area contributed by atoms with Gasteiger partial charge in [0.2, 0.25) is 0 Å². The maximum atomic E-state index is 8.87. The lowest BCUT2D eigenvalue weighted by Gasteiger charge is -2.62. The molecule has 5 saturated carbocycles. The molecule has 5 fully saturated rings. The molecule has 4 bridgehead atoms. The first kappa shape index (κ1) is 11.7. The first-order chi connectivity index (χ1) is 8.77. The Morgan fingerprint density at radius 2 is 1.44 bits per heavy atom. The van der Waals surface area contributed by atoms with E-state index in [-0.39, 0.29) is 0 Å². The van der Waals surface area contributed by atoms with Gasteiger partial charge in [-0.2, -0.15) is 0 Å². The van der Waals surface area contributed by atoms with E-state index in [1.54, 1.807) is 38.5 Å². The summed E-state index contributed by atoms with van der Waals surface area (Å²) in [7, 11) is 0. The number of aliphatic hydroxyl groups excluding tert-OH is 1. The highest BCUT2D eigenvalue weighted by atomic mass is 16.3. The average molecular weight is 249 g/mol. The van der Waals surface area contributed by atoms with E-state index >= 15 is 0 Å². The largest absolute Gasteiger partial charge is 0.395 e. The van der Waals surface area contributed by atoms with Crippen LogP contribution in [0.4, 0.5) is 0 Å². The zero-order chi connectivity index (χ0) is 12.2. The first-order valence-corrected chi connectivity index (χ1v) is 8.12. The Balaban J connectivity index is 1.40. The summed E-state index contributed by atoms with van der Waals surface area (Å²) in [5.74, 6) is 4.31. The molecule has 2 N–H and O–H groups in total. The highest BCUT2D eigenvalue weighted by molar-refractivity contribution is 5.07. The first-order valence-electron chi connectivity index (χ1n) is 8.12. The van der Waals surface area contributed by atoms with Crippen LogP contribution in [0.25, 0.3) is 0 Å². The molecule has 0 unspecified atom stereocenters. The van der Waals surface area contributed by atoms with Gasteiger partial charge in [-0.3, -0.25) is 0 Å². The Bertz CT molecular complexity index is 286. The van der Waals surface area contributed by atoms with E-state index in [1.165, 1.54) is 12.8 Å². The van der Waals surface area contributed by atoms with Gasteiger partial charge in [-0.05, 0) is 80.5 Å². The Hall–Kier alpha value is -0.0800. The van der Waals surface area contributed by atoms with Crippen molar-refractivity contribution in [1.29, 1.82) is 0 Å². The van der Waals surface area contributed by atoms with Crippen molar-refractivity contribution in [3.63, 3.8) is 0 Å². The molecule has 0 aromatic heterocycles. The van der Waals surface area contributed by atoms with Gasteiger partial charge in [-0.15, -0.1) is 0 Å². The molecule has 5 aliphatic rings. The molecule has 5 rings (SSSR count). The molecule has 0 spiro atoms. The third-order valence-electron chi connectivity index (χ3n) is 6.63. The summed E-state index contributed by atoms with van der Waals surface area (Å²) in [6.45, 7) is 1.08. The number of aliphatic hydroxyl groups is 1. The molecule has 0 radical (unpaired) electrons. The van der Waals surface area contributed by atoms with Crippen molar-refractivity contribution in [2.45, 2.75) is 57.4 Å². The average Bonchev–Trinajstić information content (AvgIpc) is 2.24. The van der Waals surface area contributed by atoms with Crippen LogP contribution in [0.15, 0.2) is 0 Å². The molecular formula is C16H27NO. The minimum Gasteiger partial charge on any atom is -0.395 e. The monoisotopic (exact) mass is 249 g/mol. The normalized spacial score (nSPS) is 53.5. The van der Waals surface area contributed by atoms with Gasteiger partial charge >= 0.3 is 0 Å². The van der Waals surface area contributed by atoms with Crippen molar-refractivity contribution in [3.8, 4) is 0 Å². The van der Waals surface area contributed by atoms with Crippen LogP contribution >= 0.6 is 0 Å². The van der Waals surface area contributed by atoms with Crippen LogP contribution in [-0.4, -0.2) is 24.3 Å². The molecule has 0 atom stereocenters. The smallest absolute Gasteiger partial charge is 0.0556 e. The molecule has 0 aromatic rings. The zero-order valence-corrected chi connectivity index (χ0v) is 11.4. The second-order valence-electron chi connectivity index (χ2n) is 7.82. The second kappa shape index (κ2) is 4.21. The standard InChI is InChI=1S/C16H27NO/c18-2-1-17-15-6-14(7-15)16-8-11-3-12(9-16)5-13(4-11)10-16/h11-15,17-18H,1-10H2. The van der Waals surface area contributed by atoms with E-state index in [0.717, 1.165) is 41.7 Å². The number of hydrogen-bond acceptors (Lipinski definition) is 2. The van der Waals surface area contributed by atoms with Crippen LogP contribution in [0.1, 0.15) is 51.4 Å². The summed E-state index contributed by atoms with van der Waals surface area (Å²) in [6.07, 6.45) is 12.2. The predicted octanol–water partition coefficient (Wildman–Crippen LogP) is 2.56. The summed E-state index contributed by atoms with van der Waals surface area (Å²) in [4.78, 5) is 0. The van der Waals surface area contributed by atoms with E-state index in [1.807, 2.05) is 0 Å². The van der Waals surface area contributed by atoms with Gasteiger partial charge < -0.3 is 10.4 Å². The summed E-state index contributed by atoms with van der Waals surface area (Å²) >= 11 is 0. The van der Waals surface area contributed by atoms with E-state index < -0.39 is 0 Å². The molecule has 0 saturated heterocycles. The van der Waals surface area contributed by atoms with Crippen LogP contribution in [0.3, 0.4) is 0 Å².